The van der Waals surface area contributed by atoms with Crippen LogP contribution < -0.4 is 10.6 Å². The molecule has 1 aromatic heterocycles. The summed E-state index contributed by atoms with van der Waals surface area (Å²) in [4.78, 5) is 22.3. The van der Waals surface area contributed by atoms with Gasteiger partial charge in [-0.3, -0.25) is 14.9 Å². The van der Waals surface area contributed by atoms with E-state index in [9.17, 15) is 14.9 Å². The monoisotopic (exact) mass is 315 g/mol. The lowest BCUT2D eigenvalue weighted by Crippen LogP contribution is -2.37. The Morgan fingerprint density at radius 2 is 2.17 bits per heavy atom. The molecule has 1 aliphatic heterocycles. The molecule has 2 heterocycles. The summed E-state index contributed by atoms with van der Waals surface area (Å²) in [5, 5.41) is 21.0. The molecule has 0 aliphatic carbocycles. The molecule has 1 aliphatic rings. The Hall–Kier alpha value is -2.74. The summed E-state index contributed by atoms with van der Waals surface area (Å²) in [5.74, 6) is -0.223. The highest BCUT2D eigenvalue weighted by Gasteiger charge is 2.16. The van der Waals surface area contributed by atoms with Crippen LogP contribution in [0.4, 0.5) is 5.69 Å². The third kappa shape index (κ3) is 3.54. The highest BCUT2D eigenvalue weighted by molar-refractivity contribution is 5.92. The van der Waals surface area contributed by atoms with Gasteiger partial charge in [0.15, 0.2) is 5.69 Å². The number of nitrogens with zero attached hydrogens (tertiary/aromatic N) is 3. The summed E-state index contributed by atoms with van der Waals surface area (Å²) >= 11 is 0. The molecule has 1 atom stereocenters. The third-order valence-corrected chi connectivity index (χ3v) is 3.82. The van der Waals surface area contributed by atoms with Crippen molar-refractivity contribution in [2.45, 2.75) is 18.9 Å². The predicted octanol–water partition coefficient (Wildman–Crippen LogP) is 1.26. The Labute approximate surface area is 132 Å². The molecule has 8 nitrogen and oxygen atoms in total. The lowest BCUT2D eigenvalue weighted by molar-refractivity contribution is -0.384. The Morgan fingerprint density at radius 3 is 2.83 bits per heavy atom. The van der Waals surface area contributed by atoms with E-state index in [0.29, 0.717) is 24.0 Å². The number of nitrogens with one attached hydrogen (secondary N) is 2. The van der Waals surface area contributed by atoms with Crippen LogP contribution in [0.3, 0.4) is 0 Å². The van der Waals surface area contributed by atoms with E-state index in [1.807, 2.05) is 0 Å². The number of non-ortho nitro benzene ring substituents is 1. The zero-order valence-electron chi connectivity index (χ0n) is 12.4. The van der Waals surface area contributed by atoms with Crippen LogP contribution in [0.15, 0.2) is 36.5 Å². The fraction of sp³-hybridized carbons (Fsp3) is 0.333. The van der Waals surface area contributed by atoms with Gasteiger partial charge in [-0.05, 0) is 37.6 Å². The third-order valence-electron chi connectivity index (χ3n) is 3.82. The molecular formula is C15H17N5O3. The normalized spacial score (nSPS) is 17.1. The lowest BCUT2D eigenvalue weighted by atomic mass is 10.2. The quantitative estimate of drug-likeness (QED) is 0.639. The van der Waals surface area contributed by atoms with Gasteiger partial charge in [-0.15, -0.1) is 0 Å². The van der Waals surface area contributed by atoms with Crippen LogP contribution in [-0.4, -0.2) is 39.7 Å². The molecule has 0 saturated carbocycles. The van der Waals surface area contributed by atoms with Gasteiger partial charge in [0.1, 0.15) is 0 Å². The van der Waals surface area contributed by atoms with Gasteiger partial charge in [0.05, 0.1) is 10.6 Å². The highest BCUT2D eigenvalue weighted by Crippen LogP contribution is 2.15. The van der Waals surface area contributed by atoms with E-state index in [2.05, 4.69) is 15.7 Å². The zero-order chi connectivity index (χ0) is 16.2. The van der Waals surface area contributed by atoms with E-state index in [0.717, 1.165) is 19.4 Å². The fourth-order valence-electron chi connectivity index (χ4n) is 2.55. The maximum atomic E-state index is 12.1. The Morgan fingerprint density at radius 1 is 1.39 bits per heavy atom. The number of nitro groups is 1. The first kappa shape index (κ1) is 15.2. The van der Waals surface area contributed by atoms with Crippen molar-refractivity contribution in [3.8, 4) is 5.69 Å². The van der Waals surface area contributed by atoms with Gasteiger partial charge in [0.25, 0.3) is 11.6 Å². The Balaban J connectivity index is 1.64. The van der Waals surface area contributed by atoms with Crippen LogP contribution in [0.1, 0.15) is 23.3 Å². The molecule has 120 valence electrons. The number of hydrogen-bond acceptors (Lipinski definition) is 5. The molecule has 0 radical (unpaired) electrons. The molecule has 3 rings (SSSR count). The minimum Gasteiger partial charge on any atom is -0.349 e. The van der Waals surface area contributed by atoms with E-state index < -0.39 is 4.92 Å². The summed E-state index contributed by atoms with van der Waals surface area (Å²) in [6.07, 6.45) is 3.86. The molecule has 8 heteroatoms. The van der Waals surface area contributed by atoms with E-state index in [1.165, 1.54) is 16.8 Å². The molecule has 23 heavy (non-hydrogen) atoms. The van der Waals surface area contributed by atoms with Gasteiger partial charge in [0, 0.05) is 30.9 Å². The van der Waals surface area contributed by atoms with Gasteiger partial charge in [0.2, 0.25) is 0 Å². The number of nitro benzene ring substituents is 1. The first-order chi connectivity index (χ1) is 11.1. The smallest absolute Gasteiger partial charge is 0.271 e. The van der Waals surface area contributed by atoms with E-state index in [4.69, 9.17) is 0 Å². The summed E-state index contributed by atoms with van der Waals surface area (Å²) in [6, 6.07) is 7.95. The number of benzene rings is 1. The van der Waals surface area contributed by atoms with Crippen molar-refractivity contribution in [1.29, 1.82) is 0 Å². The van der Waals surface area contributed by atoms with Gasteiger partial charge in [-0.2, -0.15) is 5.10 Å². The highest BCUT2D eigenvalue weighted by atomic mass is 16.6. The van der Waals surface area contributed by atoms with Crippen LogP contribution in [0, 0.1) is 10.1 Å². The van der Waals surface area contributed by atoms with Crippen molar-refractivity contribution in [1.82, 2.24) is 20.4 Å². The molecule has 2 aromatic rings. The second kappa shape index (κ2) is 6.57. The van der Waals surface area contributed by atoms with Crippen LogP contribution >= 0.6 is 0 Å². The first-order valence-electron chi connectivity index (χ1n) is 7.45. The fourth-order valence-corrected chi connectivity index (χ4v) is 2.55. The molecule has 1 unspecified atom stereocenters. The Kier molecular flexibility index (Phi) is 4.33. The molecule has 1 aromatic carbocycles. The van der Waals surface area contributed by atoms with Crippen LogP contribution in [0.2, 0.25) is 0 Å². The van der Waals surface area contributed by atoms with Crippen LogP contribution in [-0.2, 0) is 0 Å². The first-order valence-corrected chi connectivity index (χ1v) is 7.45. The number of aromatic nitrogens is 2. The van der Waals surface area contributed by atoms with Gasteiger partial charge in [-0.25, -0.2) is 4.68 Å². The second-order valence-electron chi connectivity index (χ2n) is 5.42. The summed E-state index contributed by atoms with van der Waals surface area (Å²) < 4.78 is 1.52. The van der Waals surface area contributed by atoms with Crippen molar-refractivity contribution in [3.63, 3.8) is 0 Å². The summed E-state index contributed by atoms with van der Waals surface area (Å²) in [5.41, 5.74) is 0.997. The minimum atomic E-state index is -0.456. The number of rotatable bonds is 5. The molecule has 1 saturated heterocycles. The Bertz CT molecular complexity index is 704. The van der Waals surface area contributed by atoms with Gasteiger partial charge in [-0.1, -0.05) is 0 Å². The topological polar surface area (TPSA) is 102 Å². The molecule has 0 spiro atoms. The summed E-state index contributed by atoms with van der Waals surface area (Å²) in [6.45, 7) is 1.58. The van der Waals surface area contributed by atoms with Crippen LogP contribution in [0.5, 0.6) is 0 Å². The van der Waals surface area contributed by atoms with Gasteiger partial charge < -0.3 is 10.6 Å². The molecule has 2 N–H and O–H groups in total. The average molecular weight is 315 g/mol. The van der Waals surface area contributed by atoms with Crippen LogP contribution in [0.25, 0.3) is 5.69 Å². The number of amides is 1. The number of hydrogen-bond donors (Lipinski definition) is 2. The second-order valence-corrected chi connectivity index (χ2v) is 5.42. The molecule has 0 bridgehead atoms. The SMILES string of the molecule is O=C(NCC1CCCN1)c1ccn(-c2ccc([N+](=O)[O-])cc2)n1. The van der Waals surface area contributed by atoms with E-state index in [-0.39, 0.29) is 11.6 Å². The summed E-state index contributed by atoms with van der Waals surface area (Å²) in [7, 11) is 0. The number of carbonyl (C=O) groups is 1. The predicted molar refractivity (Wildman–Crippen MR) is 83.6 cm³/mol. The van der Waals surface area contributed by atoms with Crippen molar-refractivity contribution in [2.24, 2.45) is 0 Å². The largest absolute Gasteiger partial charge is 0.349 e. The molecular weight excluding hydrogens is 298 g/mol. The van der Waals surface area contributed by atoms with Crippen molar-refractivity contribution in [3.05, 3.63) is 52.3 Å². The van der Waals surface area contributed by atoms with Crippen molar-refractivity contribution < 1.29 is 9.72 Å². The molecule has 1 fully saturated rings. The zero-order valence-corrected chi connectivity index (χ0v) is 12.4. The average Bonchev–Trinajstić information content (AvgIpc) is 3.24. The maximum Gasteiger partial charge on any atom is 0.271 e. The van der Waals surface area contributed by atoms with Crippen molar-refractivity contribution in [2.75, 3.05) is 13.1 Å². The standard InChI is InChI=1S/C15H17N5O3/c21-15(17-10-11-2-1-8-16-11)14-7-9-19(18-14)12-3-5-13(6-4-12)20(22)23/h3-7,9,11,16H,1-2,8,10H2,(H,17,21). The van der Waals surface area contributed by atoms with E-state index >= 15 is 0 Å². The van der Waals surface area contributed by atoms with Gasteiger partial charge >= 0.3 is 0 Å². The number of carbonyl (C=O) groups excluding carboxylic acids is 1. The lowest BCUT2D eigenvalue weighted by Gasteiger charge is -2.10. The minimum absolute atomic E-state index is 0.0166. The molecule has 1 amide bonds. The van der Waals surface area contributed by atoms with Crippen molar-refractivity contribution >= 4 is 11.6 Å². The van der Waals surface area contributed by atoms with E-state index in [1.54, 1.807) is 24.4 Å². The maximum absolute atomic E-state index is 12.1.